The zero-order chi connectivity index (χ0) is 20.2. The summed E-state index contributed by atoms with van der Waals surface area (Å²) < 4.78 is 30.8. The monoisotopic (exact) mass is 411 g/mol. The number of pyridine rings is 1. The largest absolute Gasteiger partial charge is 0.465 e. The molecule has 144 valence electrons. The molecule has 0 aliphatic rings. The van der Waals surface area contributed by atoms with Crippen molar-refractivity contribution < 1.29 is 22.7 Å². The van der Waals surface area contributed by atoms with Gasteiger partial charge < -0.3 is 10.1 Å². The number of rotatable bonds is 6. The van der Waals surface area contributed by atoms with E-state index in [4.69, 9.17) is 11.6 Å². The molecule has 27 heavy (non-hydrogen) atoms. The predicted molar refractivity (Wildman–Crippen MR) is 100 cm³/mol. The van der Waals surface area contributed by atoms with Crippen LogP contribution < -0.4 is 5.32 Å². The molecule has 0 saturated carbocycles. The van der Waals surface area contributed by atoms with Crippen molar-refractivity contribution in [3.05, 3.63) is 52.7 Å². The summed E-state index contributed by atoms with van der Waals surface area (Å²) in [6.45, 7) is 1.33. The van der Waals surface area contributed by atoms with Gasteiger partial charge in [-0.15, -0.1) is 0 Å². The molecule has 0 spiro atoms. The molecule has 0 aliphatic heterocycles. The first-order valence-corrected chi connectivity index (χ1v) is 9.54. The van der Waals surface area contributed by atoms with Gasteiger partial charge in [-0.25, -0.2) is 18.2 Å². The second kappa shape index (κ2) is 8.47. The maximum Gasteiger partial charge on any atom is 0.337 e. The standard InChI is InChI=1S/C17H18ClN3O5S/c1-11-5-4-6-15(19-11)20-16(22)10-21(2)27(24,25)14-8-7-12(9-13(14)18)17(23)26-3/h4-9H,10H2,1-3H3,(H,19,20,22). The van der Waals surface area contributed by atoms with Crippen LogP contribution in [0.3, 0.4) is 0 Å². The first kappa shape index (κ1) is 20.8. The molecule has 1 aromatic heterocycles. The molecule has 10 heteroatoms. The van der Waals surface area contributed by atoms with Crippen LogP contribution in [-0.2, 0) is 19.6 Å². The number of carbonyl (C=O) groups is 2. The summed E-state index contributed by atoms with van der Waals surface area (Å²) in [5.41, 5.74) is 0.832. The second-order valence-electron chi connectivity index (χ2n) is 5.61. The van der Waals surface area contributed by atoms with Crippen LogP contribution in [0.2, 0.25) is 5.02 Å². The van der Waals surface area contributed by atoms with Crippen molar-refractivity contribution in [1.82, 2.24) is 9.29 Å². The van der Waals surface area contributed by atoms with Crippen LogP contribution in [-0.4, -0.2) is 50.3 Å². The van der Waals surface area contributed by atoms with Crippen LogP contribution in [0.15, 0.2) is 41.3 Å². The molecule has 0 saturated heterocycles. The maximum absolute atomic E-state index is 12.7. The van der Waals surface area contributed by atoms with E-state index >= 15 is 0 Å². The smallest absolute Gasteiger partial charge is 0.337 e. The van der Waals surface area contributed by atoms with Crippen LogP contribution >= 0.6 is 11.6 Å². The van der Waals surface area contributed by atoms with E-state index in [2.05, 4.69) is 15.0 Å². The van der Waals surface area contributed by atoms with E-state index in [9.17, 15) is 18.0 Å². The van der Waals surface area contributed by atoms with E-state index in [1.807, 2.05) is 0 Å². The number of esters is 1. The third-order valence-electron chi connectivity index (χ3n) is 3.56. The molecule has 1 aromatic carbocycles. The van der Waals surface area contributed by atoms with Gasteiger partial charge in [-0.3, -0.25) is 4.79 Å². The van der Waals surface area contributed by atoms with E-state index in [-0.39, 0.29) is 15.5 Å². The number of carbonyl (C=O) groups excluding carboxylic acids is 2. The zero-order valence-electron chi connectivity index (χ0n) is 14.9. The Labute approximate surface area is 162 Å². The molecule has 0 aliphatic carbocycles. The summed E-state index contributed by atoms with van der Waals surface area (Å²) in [7, 11) is -1.59. The van der Waals surface area contributed by atoms with Crippen molar-refractivity contribution in [3.63, 3.8) is 0 Å². The molecular weight excluding hydrogens is 394 g/mol. The third kappa shape index (κ3) is 5.03. The number of methoxy groups -OCH3 is 1. The minimum Gasteiger partial charge on any atom is -0.465 e. The number of anilines is 1. The number of benzene rings is 1. The molecule has 2 aromatic rings. The fourth-order valence-corrected chi connectivity index (χ4v) is 3.85. The van der Waals surface area contributed by atoms with Gasteiger partial charge in [-0.1, -0.05) is 17.7 Å². The Morgan fingerprint density at radius 1 is 1.26 bits per heavy atom. The molecule has 1 amide bonds. The van der Waals surface area contributed by atoms with Crippen LogP contribution in [0.4, 0.5) is 5.82 Å². The molecule has 0 bridgehead atoms. The van der Waals surface area contributed by atoms with Gasteiger partial charge in [0.05, 0.1) is 24.2 Å². The SMILES string of the molecule is COC(=O)c1ccc(S(=O)(=O)N(C)CC(=O)Nc2cccc(C)n2)c(Cl)c1. The van der Waals surface area contributed by atoms with Crippen molar-refractivity contribution in [2.45, 2.75) is 11.8 Å². The molecule has 0 fully saturated rings. The Hall–Kier alpha value is -2.49. The van der Waals surface area contributed by atoms with E-state index in [0.29, 0.717) is 11.5 Å². The number of sulfonamides is 1. The number of aromatic nitrogens is 1. The third-order valence-corrected chi connectivity index (χ3v) is 5.85. The molecule has 2 rings (SSSR count). The minimum atomic E-state index is -4.05. The van der Waals surface area contributed by atoms with Gasteiger partial charge in [-0.2, -0.15) is 4.31 Å². The topological polar surface area (TPSA) is 106 Å². The first-order chi connectivity index (χ1) is 12.6. The number of ether oxygens (including phenoxy) is 1. The van der Waals surface area contributed by atoms with E-state index in [1.54, 1.807) is 25.1 Å². The normalized spacial score (nSPS) is 11.3. The number of nitrogens with zero attached hydrogens (tertiary/aromatic N) is 2. The van der Waals surface area contributed by atoms with Crippen molar-refractivity contribution in [2.75, 3.05) is 26.0 Å². The lowest BCUT2D eigenvalue weighted by Crippen LogP contribution is -2.35. The number of amides is 1. The van der Waals surface area contributed by atoms with Crippen molar-refractivity contribution in [1.29, 1.82) is 0 Å². The molecule has 0 radical (unpaired) electrons. The Balaban J connectivity index is 2.16. The van der Waals surface area contributed by atoms with Crippen LogP contribution in [0.25, 0.3) is 0 Å². The fraction of sp³-hybridized carbons (Fsp3) is 0.235. The van der Waals surface area contributed by atoms with Gasteiger partial charge >= 0.3 is 5.97 Å². The van der Waals surface area contributed by atoms with Crippen LogP contribution in [0.1, 0.15) is 16.1 Å². The summed E-state index contributed by atoms with van der Waals surface area (Å²) in [4.78, 5) is 27.5. The summed E-state index contributed by atoms with van der Waals surface area (Å²) in [6.07, 6.45) is 0. The first-order valence-electron chi connectivity index (χ1n) is 7.73. The quantitative estimate of drug-likeness (QED) is 0.729. The molecule has 8 nitrogen and oxygen atoms in total. The van der Waals surface area contributed by atoms with Crippen LogP contribution in [0.5, 0.6) is 0 Å². The highest BCUT2D eigenvalue weighted by atomic mass is 35.5. The highest BCUT2D eigenvalue weighted by Gasteiger charge is 2.26. The van der Waals surface area contributed by atoms with Gasteiger partial charge in [0.25, 0.3) is 0 Å². The highest BCUT2D eigenvalue weighted by molar-refractivity contribution is 7.89. The average molecular weight is 412 g/mol. The number of hydrogen-bond acceptors (Lipinski definition) is 6. The number of halogens is 1. The summed E-state index contributed by atoms with van der Waals surface area (Å²) >= 11 is 6.02. The lowest BCUT2D eigenvalue weighted by molar-refractivity contribution is -0.116. The summed E-state index contributed by atoms with van der Waals surface area (Å²) in [6, 6.07) is 8.77. The highest BCUT2D eigenvalue weighted by Crippen LogP contribution is 2.25. The molecular formula is C17H18ClN3O5S. The van der Waals surface area contributed by atoms with Crippen molar-refractivity contribution in [2.24, 2.45) is 0 Å². The maximum atomic E-state index is 12.7. The zero-order valence-corrected chi connectivity index (χ0v) is 16.5. The average Bonchev–Trinajstić information content (AvgIpc) is 2.60. The Bertz CT molecular complexity index is 978. The van der Waals surface area contributed by atoms with Crippen molar-refractivity contribution in [3.8, 4) is 0 Å². The molecule has 1 heterocycles. The Morgan fingerprint density at radius 2 is 1.96 bits per heavy atom. The molecule has 1 N–H and O–H groups in total. The lowest BCUT2D eigenvalue weighted by atomic mass is 10.2. The predicted octanol–water partition coefficient (Wildman–Crippen LogP) is 2.09. The number of aryl methyl sites for hydroxylation is 1. The fourth-order valence-electron chi connectivity index (χ4n) is 2.20. The van der Waals surface area contributed by atoms with Gasteiger partial charge in [0, 0.05) is 12.7 Å². The number of nitrogens with one attached hydrogen (secondary N) is 1. The van der Waals surface area contributed by atoms with Gasteiger partial charge in [0.2, 0.25) is 15.9 Å². The van der Waals surface area contributed by atoms with Crippen LogP contribution in [0, 0.1) is 6.92 Å². The van der Waals surface area contributed by atoms with Gasteiger partial charge in [-0.05, 0) is 37.3 Å². The minimum absolute atomic E-state index is 0.118. The summed E-state index contributed by atoms with van der Waals surface area (Å²) in [5.74, 6) is -0.869. The molecule has 0 atom stereocenters. The van der Waals surface area contributed by atoms with Gasteiger partial charge in [0.15, 0.2) is 0 Å². The van der Waals surface area contributed by atoms with Gasteiger partial charge in [0.1, 0.15) is 10.7 Å². The number of likely N-dealkylation sites (N-methyl/N-ethyl adjacent to an activating group) is 1. The second-order valence-corrected chi connectivity index (χ2v) is 8.03. The van der Waals surface area contributed by atoms with E-state index in [1.165, 1.54) is 32.4 Å². The van der Waals surface area contributed by atoms with E-state index in [0.717, 1.165) is 4.31 Å². The molecule has 0 unspecified atom stereocenters. The number of hydrogen-bond donors (Lipinski definition) is 1. The summed E-state index contributed by atoms with van der Waals surface area (Å²) in [5, 5.41) is 2.39. The lowest BCUT2D eigenvalue weighted by Gasteiger charge is -2.18. The Morgan fingerprint density at radius 3 is 2.56 bits per heavy atom. The Kier molecular flexibility index (Phi) is 6.53. The van der Waals surface area contributed by atoms with E-state index < -0.39 is 28.4 Å². The van der Waals surface area contributed by atoms with Crippen molar-refractivity contribution >= 4 is 39.3 Å².